The molecule has 3 nitrogen and oxygen atoms in total. The van der Waals surface area contributed by atoms with Gasteiger partial charge in [-0.15, -0.1) is 11.3 Å². The average Bonchev–Trinajstić information content (AvgIpc) is 2.75. The third kappa shape index (κ3) is 3.68. The predicted molar refractivity (Wildman–Crippen MR) is 75.2 cm³/mol. The Morgan fingerprint density at radius 2 is 2.17 bits per heavy atom. The molecular formula is C13H20ClNO2S. The van der Waals surface area contributed by atoms with Crippen LogP contribution >= 0.6 is 22.9 Å². The van der Waals surface area contributed by atoms with Gasteiger partial charge in [0, 0.05) is 36.6 Å². The first-order chi connectivity index (χ1) is 8.63. The monoisotopic (exact) mass is 289 g/mol. The molecule has 1 saturated heterocycles. The molecule has 1 aromatic rings. The Labute approximate surface area is 117 Å². The zero-order valence-corrected chi connectivity index (χ0v) is 12.3. The molecule has 0 spiro atoms. The fraction of sp³-hybridized carbons (Fsp3) is 0.692. The number of hydrogen-bond acceptors (Lipinski definition) is 4. The Bertz CT molecular complexity index is 377. The summed E-state index contributed by atoms with van der Waals surface area (Å²) in [6.45, 7) is 3.56. The number of hydrogen-bond donors (Lipinski definition) is 1. The second-order valence-electron chi connectivity index (χ2n) is 5.15. The maximum absolute atomic E-state index is 9.66. The largest absolute Gasteiger partial charge is 0.396 e. The van der Waals surface area contributed by atoms with Gasteiger partial charge in [-0.1, -0.05) is 11.6 Å². The highest BCUT2D eigenvalue weighted by atomic mass is 35.5. The number of aliphatic hydroxyl groups is 1. The van der Waals surface area contributed by atoms with Gasteiger partial charge in [-0.3, -0.25) is 0 Å². The van der Waals surface area contributed by atoms with Crippen LogP contribution in [0.25, 0.3) is 0 Å². The van der Waals surface area contributed by atoms with Crippen LogP contribution in [0, 0.1) is 5.41 Å². The van der Waals surface area contributed by atoms with Crippen molar-refractivity contribution in [1.29, 1.82) is 0 Å². The van der Waals surface area contributed by atoms with Gasteiger partial charge < -0.3 is 14.7 Å². The Hall–Kier alpha value is -0.130. The number of aliphatic hydroxyl groups excluding tert-OH is 1. The van der Waals surface area contributed by atoms with Crippen LogP contribution in [-0.2, 0) is 11.3 Å². The zero-order chi connectivity index (χ0) is 13.0. The van der Waals surface area contributed by atoms with Gasteiger partial charge in [-0.05, 0) is 32.0 Å². The van der Waals surface area contributed by atoms with E-state index in [0.29, 0.717) is 0 Å². The molecule has 0 amide bonds. The molecule has 0 radical (unpaired) electrons. The molecule has 1 fully saturated rings. The second kappa shape index (κ2) is 6.35. The van der Waals surface area contributed by atoms with Gasteiger partial charge in [0.2, 0.25) is 0 Å². The van der Waals surface area contributed by atoms with Crippen molar-refractivity contribution in [3.63, 3.8) is 0 Å². The molecule has 2 heterocycles. The summed E-state index contributed by atoms with van der Waals surface area (Å²) in [5.41, 5.74) is 0.00799. The maximum atomic E-state index is 9.66. The van der Waals surface area contributed by atoms with Crippen molar-refractivity contribution in [2.75, 3.05) is 33.4 Å². The summed E-state index contributed by atoms with van der Waals surface area (Å²) >= 11 is 7.56. The molecule has 0 saturated carbocycles. The molecule has 0 atom stereocenters. The molecule has 5 heteroatoms. The lowest BCUT2D eigenvalue weighted by molar-refractivity contribution is -0.0317. The molecule has 0 bridgehead atoms. The highest BCUT2D eigenvalue weighted by Gasteiger charge is 2.33. The Balaban J connectivity index is 1.90. The maximum Gasteiger partial charge on any atom is 0.0931 e. The molecule has 102 valence electrons. The fourth-order valence-corrected chi connectivity index (χ4v) is 3.67. The Morgan fingerprint density at radius 1 is 1.44 bits per heavy atom. The summed E-state index contributed by atoms with van der Waals surface area (Å²) in [6.07, 6.45) is 1.89. The minimum Gasteiger partial charge on any atom is -0.396 e. The molecule has 0 aromatic carbocycles. The van der Waals surface area contributed by atoms with E-state index in [2.05, 4.69) is 18.0 Å². The number of thiophene rings is 1. The standard InChI is InChI=1S/C13H20ClNO2S/c1-15(8-11-2-3-12(14)18-11)9-13(10-16)4-6-17-7-5-13/h2-3,16H,4-10H2,1H3. The first-order valence-electron chi connectivity index (χ1n) is 6.25. The summed E-state index contributed by atoms with van der Waals surface area (Å²) in [7, 11) is 2.10. The van der Waals surface area contributed by atoms with Crippen LogP contribution in [0.5, 0.6) is 0 Å². The van der Waals surface area contributed by atoms with Gasteiger partial charge in [-0.2, -0.15) is 0 Å². The third-order valence-corrected chi connectivity index (χ3v) is 4.76. The average molecular weight is 290 g/mol. The van der Waals surface area contributed by atoms with Crippen LogP contribution in [0.3, 0.4) is 0 Å². The molecule has 1 aromatic heterocycles. The normalized spacial score (nSPS) is 19.3. The van der Waals surface area contributed by atoms with Crippen LogP contribution < -0.4 is 0 Å². The summed E-state index contributed by atoms with van der Waals surface area (Å²) in [5, 5.41) is 9.66. The first kappa shape index (κ1) is 14.3. The van der Waals surface area contributed by atoms with E-state index in [1.807, 2.05) is 6.07 Å². The highest BCUT2D eigenvalue weighted by molar-refractivity contribution is 7.16. The van der Waals surface area contributed by atoms with Crippen molar-refractivity contribution >= 4 is 22.9 Å². The van der Waals surface area contributed by atoms with E-state index in [4.69, 9.17) is 16.3 Å². The van der Waals surface area contributed by atoms with Crippen LogP contribution in [0.1, 0.15) is 17.7 Å². The van der Waals surface area contributed by atoms with Crippen LogP contribution in [0.4, 0.5) is 0 Å². The minimum absolute atomic E-state index is 0.00799. The molecule has 1 N–H and O–H groups in total. The van der Waals surface area contributed by atoms with E-state index in [1.165, 1.54) is 4.88 Å². The first-order valence-corrected chi connectivity index (χ1v) is 7.44. The number of halogens is 1. The quantitative estimate of drug-likeness (QED) is 0.904. The number of rotatable bonds is 5. The molecule has 1 aliphatic heterocycles. The van der Waals surface area contributed by atoms with Gasteiger partial charge in [-0.25, -0.2) is 0 Å². The van der Waals surface area contributed by atoms with Crippen molar-refractivity contribution in [3.05, 3.63) is 21.3 Å². The molecule has 0 aliphatic carbocycles. The number of ether oxygens (including phenoxy) is 1. The third-order valence-electron chi connectivity index (χ3n) is 3.55. The second-order valence-corrected chi connectivity index (χ2v) is 6.95. The topological polar surface area (TPSA) is 32.7 Å². The summed E-state index contributed by atoms with van der Waals surface area (Å²) < 4.78 is 6.22. The van der Waals surface area contributed by atoms with Crippen LogP contribution in [-0.4, -0.2) is 43.4 Å². The summed E-state index contributed by atoms with van der Waals surface area (Å²) in [6, 6.07) is 4.00. The predicted octanol–water partition coefficient (Wildman–Crippen LogP) is 2.62. The fourth-order valence-electron chi connectivity index (χ4n) is 2.50. The van der Waals surface area contributed by atoms with Gasteiger partial charge in [0.1, 0.15) is 0 Å². The highest BCUT2D eigenvalue weighted by Crippen LogP contribution is 2.31. The van der Waals surface area contributed by atoms with Gasteiger partial charge >= 0.3 is 0 Å². The van der Waals surface area contributed by atoms with Crippen molar-refractivity contribution in [1.82, 2.24) is 4.90 Å². The van der Waals surface area contributed by atoms with Crippen LogP contribution in [0.15, 0.2) is 12.1 Å². The summed E-state index contributed by atoms with van der Waals surface area (Å²) in [4.78, 5) is 3.53. The molecule has 18 heavy (non-hydrogen) atoms. The van der Waals surface area contributed by atoms with Crippen molar-refractivity contribution in [3.8, 4) is 0 Å². The van der Waals surface area contributed by atoms with E-state index in [0.717, 1.165) is 43.5 Å². The van der Waals surface area contributed by atoms with Crippen molar-refractivity contribution in [2.45, 2.75) is 19.4 Å². The van der Waals surface area contributed by atoms with Gasteiger partial charge in [0.05, 0.1) is 10.9 Å². The molecule has 0 unspecified atom stereocenters. The lowest BCUT2D eigenvalue weighted by Crippen LogP contribution is -2.42. The van der Waals surface area contributed by atoms with E-state index in [9.17, 15) is 5.11 Å². The Kier molecular flexibility index (Phi) is 5.04. The molecule has 1 aliphatic rings. The lowest BCUT2D eigenvalue weighted by atomic mass is 9.80. The SMILES string of the molecule is CN(Cc1ccc(Cl)s1)CC1(CO)CCOCC1. The Morgan fingerprint density at radius 3 is 2.72 bits per heavy atom. The van der Waals surface area contributed by atoms with E-state index >= 15 is 0 Å². The van der Waals surface area contributed by atoms with Gasteiger partial charge in [0.15, 0.2) is 0 Å². The van der Waals surface area contributed by atoms with Gasteiger partial charge in [0.25, 0.3) is 0 Å². The summed E-state index contributed by atoms with van der Waals surface area (Å²) in [5.74, 6) is 0. The smallest absolute Gasteiger partial charge is 0.0931 e. The lowest BCUT2D eigenvalue weighted by Gasteiger charge is -2.38. The van der Waals surface area contributed by atoms with E-state index < -0.39 is 0 Å². The zero-order valence-electron chi connectivity index (χ0n) is 10.7. The van der Waals surface area contributed by atoms with E-state index in [-0.39, 0.29) is 12.0 Å². The molecular weight excluding hydrogens is 270 g/mol. The number of nitrogens with zero attached hydrogens (tertiary/aromatic N) is 1. The minimum atomic E-state index is 0.00799. The molecule has 2 rings (SSSR count). The van der Waals surface area contributed by atoms with E-state index in [1.54, 1.807) is 11.3 Å². The van der Waals surface area contributed by atoms with Crippen molar-refractivity contribution < 1.29 is 9.84 Å². The van der Waals surface area contributed by atoms with Crippen LogP contribution in [0.2, 0.25) is 4.34 Å². The van der Waals surface area contributed by atoms with Crippen molar-refractivity contribution in [2.24, 2.45) is 5.41 Å².